The van der Waals surface area contributed by atoms with Gasteiger partial charge in [0.2, 0.25) is 70.6 Å². The number of ketones is 1. The maximum atomic E-state index is 16.4. The number of nitrogens with one attached hydrogen (secondary N) is 7. The highest BCUT2D eigenvalue weighted by molar-refractivity contribution is 6.32. The molecular weight excluding hydrogens is 1810 g/mol. The largest absolute Gasteiger partial charge is 0.508 e. The van der Waals surface area contributed by atoms with E-state index in [0.29, 0.717) is 22.1 Å². The molecule has 2 saturated heterocycles. The van der Waals surface area contributed by atoms with Gasteiger partial charge in [-0.1, -0.05) is 73.4 Å². The average Bonchev–Trinajstić information content (AvgIpc) is 1.62. The number of carboxylic acids is 1. The van der Waals surface area contributed by atoms with Crippen molar-refractivity contribution in [3.63, 3.8) is 0 Å². The zero-order chi connectivity index (χ0) is 96.0. The van der Waals surface area contributed by atoms with Gasteiger partial charge in [0.25, 0.3) is 0 Å². The topological polar surface area (TPSA) is 599 Å². The Morgan fingerprint density at radius 2 is 1.34 bits per heavy atom. The second kappa shape index (κ2) is 37.2. The number of carbonyl (C=O) groups is 9. The maximum Gasteiger partial charge on any atom is 0.336 e. The fourth-order valence-corrected chi connectivity index (χ4v) is 18.7. The third-order valence-electron chi connectivity index (χ3n) is 24.5. The van der Waals surface area contributed by atoms with Gasteiger partial charge in [0.15, 0.2) is 22.7 Å². The molecule has 9 heterocycles. The van der Waals surface area contributed by atoms with Gasteiger partial charge < -0.3 is 132 Å². The van der Waals surface area contributed by atoms with Gasteiger partial charge in [-0.25, -0.2) is 4.79 Å². The van der Waals surface area contributed by atoms with Crippen LogP contribution in [-0.4, -0.2) is 206 Å². The molecule has 0 radical (unpaired) electrons. The number of phenolic OH excluding ortho intramolecular Hbond substituents is 3. The summed E-state index contributed by atoms with van der Waals surface area (Å²) < 4.78 is 45.9. The predicted molar refractivity (Wildman–Crippen MR) is 477 cm³/mol. The van der Waals surface area contributed by atoms with Gasteiger partial charge in [0.05, 0.1) is 46.9 Å². The molecule has 39 nitrogen and oxygen atoms in total. The van der Waals surface area contributed by atoms with Crippen molar-refractivity contribution >= 4 is 116 Å². The molecular formula is C92H90Cl3N13O26. The Morgan fingerprint density at radius 1 is 0.672 bits per heavy atom. The van der Waals surface area contributed by atoms with Gasteiger partial charge in [-0.15, -0.1) is 0 Å². The van der Waals surface area contributed by atoms with Crippen LogP contribution < -0.4 is 73.2 Å². The molecule has 8 aliphatic heterocycles. The fraction of sp³-hybridized carbons (Fsp3) is 0.337. The lowest BCUT2D eigenvalue weighted by molar-refractivity contribution is -0.297. The third kappa shape index (κ3) is 18.5. The minimum absolute atomic E-state index is 0.104. The molecule has 7 aromatic carbocycles. The van der Waals surface area contributed by atoms with Crippen molar-refractivity contribution in [2.75, 3.05) is 23.9 Å². The van der Waals surface area contributed by atoms with Crippen molar-refractivity contribution in [1.29, 1.82) is 0 Å². The summed E-state index contributed by atoms with van der Waals surface area (Å²) >= 11 is 21.2. The molecule has 42 heteroatoms. The highest BCUT2D eigenvalue weighted by atomic mass is 35.5. The number of carboxylic acid groups (broad SMARTS) is 1. The Labute approximate surface area is 775 Å². The van der Waals surface area contributed by atoms with E-state index in [1.165, 1.54) is 60.5 Å². The first-order valence-corrected chi connectivity index (χ1v) is 43.4. The summed E-state index contributed by atoms with van der Waals surface area (Å²) in [5.41, 5.74) is 11.3. The number of rotatable bonds is 18. The van der Waals surface area contributed by atoms with E-state index < -0.39 is 248 Å². The van der Waals surface area contributed by atoms with Crippen LogP contribution in [0.4, 0.5) is 17.6 Å². The molecule has 134 heavy (non-hydrogen) atoms. The number of hydrogen-bond donors (Lipinski definition) is 18. The number of fused-ring (bicyclic) bond motifs is 19. The van der Waals surface area contributed by atoms with Crippen molar-refractivity contribution in [2.45, 2.75) is 170 Å². The summed E-state index contributed by atoms with van der Waals surface area (Å²) in [6.45, 7) is 8.96. The van der Waals surface area contributed by atoms with Crippen LogP contribution in [0.1, 0.15) is 128 Å². The maximum absolute atomic E-state index is 16.4. The fourth-order valence-electron chi connectivity index (χ4n) is 18.1. The lowest BCUT2D eigenvalue weighted by Crippen LogP contribution is -2.62. The van der Waals surface area contributed by atoms with Crippen LogP contribution in [0.15, 0.2) is 143 Å². The lowest BCUT2D eigenvalue weighted by atomic mass is 9.85. The summed E-state index contributed by atoms with van der Waals surface area (Å²) in [7, 11) is 1.38. The van der Waals surface area contributed by atoms with E-state index in [1.54, 1.807) is 45.9 Å². The Hall–Kier alpha value is -13.4. The monoisotopic (exact) mass is 1900 g/mol. The minimum Gasteiger partial charge on any atom is -0.508 e. The van der Waals surface area contributed by atoms with E-state index in [2.05, 4.69) is 52.2 Å². The van der Waals surface area contributed by atoms with Gasteiger partial charge in [-0.05, 0) is 182 Å². The number of likely N-dealkylation sites (N-methyl/N-ethyl adjacent to an activating group) is 1. The number of halogens is 3. The predicted octanol–water partition coefficient (Wildman–Crippen LogP) is 6.67. The van der Waals surface area contributed by atoms with Crippen LogP contribution in [-0.2, 0) is 52.6 Å². The van der Waals surface area contributed by atoms with E-state index >= 15 is 28.8 Å². The first-order valence-electron chi connectivity index (χ1n) is 42.2. The molecule has 0 spiro atoms. The van der Waals surface area contributed by atoms with Crippen molar-refractivity contribution in [3.8, 4) is 79.6 Å². The number of primary amides is 1. The summed E-state index contributed by atoms with van der Waals surface area (Å²) in [4.78, 5) is 162. The molecule has 2 aliphatic carbocycles. The average molecular weight is 1900 g/mol. The third-order valence-corrected chi connectivity index (χ3v) is 25.3. The molecule has 19 atom stereocenters. The molecule has 20 N–H and O–H groups in total. The zero-order valence-corrected chi connectivity index (χ0v) is 74.3. The molecule has 13 bridgehead atoms. The van der Waals surface area contributed by atoms with E-state index in [9.17, 15) is 65.1 Å². The van der Waals surface area contributed by atoms with E-state index in [0.717, 1.165) is 73.2 Å². The van der Waals surface area contributed by atoms with E-state index in [1.807, 2.05) is 13.0 Å². The lowest BCUT2D eigenvalue weighted by Gasteiger charge is -2.43. The van der Waals surface area contributed by atoms with Crippen LogP contribution in [0.5, 0.6) is 46.0 Å². The number of benzene rings is 8. The number of aromatic hydroxyl groups is 3. The van der Waals surface area contributed by atoms with Crippen LogP contribution in [0.25, 0.3) is 44.5 Å². The minimum atomic E-state index is -2.40. The number of aromatic nitrogens is 3. The van der Waals surface area contributed by atoms with Gasteiger partial charge in [-0.3, -0.25) is 43.2 Å². The first-order chi connectivity index (χ1) is 63.6. The van der Waals surface area contributed by atoms with E-state index in [-0.39, 0.29) is 92.1 Å². The molecule has 700 valence electrons. The Kier molecular flexibility index (Phi) is 26.0. The van der Waals surface area contributed by atoms with Crippen molar-refractivity contribution in [3.05, 3.63) is 198 Å². The van der Waals surface area contributed by atoms with Crippen molar-refractivity contribution in [1.82, 2.24) is 46.9 Å². The summed E-state index contributed by atoms with van der Waals surface area (Å²) in [6, 6.07) is 13.3. The highest BCUT2D eigenvalue weighted by Gasteiger charge is 2.61. The molecule has 8 aromatic rings. The zero-order valence-electron chi connectivity index (χ0n) is 72.0. The molecule has 7 amide bonds. The van der Waals surface area contributed by atoms with Gasteiger partial charge >= 0.3 is 5.97 Å². The standard InChI is InChI=1S/C92H90Cl3N13O26/c1-34(2)20-54(108(7)91-106-89(95)105-90(107-91)98-42-12-15-45(48(27-42)87(126)127)66-46-14-8-35(3)21-59(46)131-60-30-43(111)13-16-47(60)66)82(121)103-72-74(116)39-10-18-57(51(93)23-39)129-61-25-41-26-62(78(61)134-88-80(77(119)76(118)64(33-109)132-88)133-79-63-32-92(6,97)68(79)37(5)128-63)130-58-19-11-40(24-52(58)94)75(117)73-86(125)100-69(36(4)110)50-28-44(112)29-56(114)67(50)49-22-38(9-17-55(49)113)70(83(122)104-73)102-84(123)71(41)101-81(120)53(31-65(96)115)99-85(72)124/h8-19,21-30,34,37,53-54,63-64,68-77,79-80,88,109,112-114,116-119H,20,31-33,97H2,1-7H3,(H2,96,115)(H,99,124)(H,100,125)(H,101,120)(H,102,123)(H,103,121)(H,104,122)(H,126,127)(H,98,105,106,107)/t37?,53-,54+,63?,64?,68?,69+,70+,71+,72+,73-,74+,75+,76?,77?,79?,80?,88?,92-/m0/s1. The normalized spacial score (nSPS) is 25.8. The number of anilines is 3. The number of hydrogen-bond acceptors (Lipinski definition) is 31. The molecule has 1 aromatic heterocycles. The number of ether oxygens (including phenoxy) is 6. The Balaban J connectivity index is 0.816. The van der Waals surface area contributed by atoms with Gasteiger partial charge in [0, 0.05) is 64.0 Å². The van der Waals surface area contributed by atoms with Gasteiger partial charge in [-0.2, -0.15) is 15.0 Å². The van der Waals surface area contributed by atoms with Gasteiger partial charge in [0.1, 0.15) is 119 Å². The first kappa shape index (κ1) is 93.8. The van der Waals surface area contributed by atoms with Crippen LogP contribution in [0.2, 0.25) is 15.3 Å². The smallest absolute Gasteiger partial charge is 0.336 e. The Morgan fingerprint density at radius 3 is 1.99 bits per heavy atom. The number of aliphatic hydroxyl groups is 5. The molecule has 9 unspecified atom stereocenters. The number of carbonyl (C=O) groups excluding carboxylic acids is 8. The molecule has 10 aliphatic rings. The number of nitrogens with two attached hydrogens (primary N) is 2. The van der Waals surface area contributed by atoms with Crippen molar-refractivity contribution < 1.29 is 122 Å². The number of nitrogens with zero attached hydrogens (tertiary/aromatic N) is 4. The highest BCUT2D eigenvalue weighted by Crippen LogP contribution is 2.53. The molecule has 3 fully saturated rings. The number of phenols is 3. The number of aromatic carboxylic acids is 1. The number of amides is 7. The summed E-state index contributed by atoms with van der Waals surface area (Å²) in [5, 5.41) is 123. The SMILES string of the molecule is CC(=O)[C@H]1NC(=O)[C@H]2NC(=O)[C@H](NC(=O)[C@@H]3NC(=O)[C@H](CC(N)=O)NC(=O)[C@H](NC(=O)[C@@H](CC(C)C)N(C)c4nc(Cl)nc(Nc5ccc(-c6c7ccc(=O)cc-7oc7cc(C)ccc67)c(C(=O)O)c5)n4)[C@H](O)c4ccc(c(Cl)c4)Oc4cc3cc(c4OC3OC(CO)C(O)C(O)C3OC3C4C[C@](C)(N)C3C(C)O4)Oc3ccc(cc3Cl)[C@H]2O)c2ccc(O)c(c2)-c2c(O)cc(O)cc21. The van der Waals surface area contributed by atoms with Crippen molar-refractivity contribution in [2.24, 2.45) is 23.3 Å². The number of aryl methyl sites for hydroxylation is 1. The summed E-state index contributed by atoms with van der Waals surface area (Å²) in [6.07, 6.45) is -16.9. The summed E-state index contributed by atoms with van der Waals surface area (Å²) in [5.74, 6) is -17.7. The van der Waals surface area contributed by atoms with Crippen LogP contribution in [0.3, 0.4) is 0 Å². The van der Waals surface area contributed by atoms with Crippen LogP contribution >= 0.6 is 34.8 Å². The second-order valence-electron chi connectivity index (χ2n) is 34.5. The Bertz CT molecular complexity index is 6490. The van der Waals surface area contributed by atoms with E-state index in [4.69, 9.17) is 79.1 Å². The van der Waals surface area contributed by atoms with Crippen LogP contribution in [0, 0.1) is 18.8 Å². The molecule has 1 saturated carbocycles. The quantitative estimate of drug-likeness (QED) is 0.0398. The second-order valence-corrected chi connectivity index (χ2v) is 35.6. The number of Topliss-reactive ketones (excluding diaryl/α,β-unsaturated/α-hetero) is 1. The number of aliphatic hydroxyl groups excluding tert-OH is 5. The molecule has 18 rings (SSSR count).